The van der Waals surface area contributed by atoms with Crippen molar-refractivity contribution in [3.05, 3.63) is 102 Å². The van der Waals surface area contributed by atoms with Gasteiger partial charge in [-0.05, 0) is 35.7 Å². The predicted molar refractivity (Wildman–Crippen MR) is 107 cm³/mol. The first kappa shape index (κ1) is 16.6. The van der Waals surface area contributed by atoms with Gasteiger partial charge >= 0.3 is 0 Å². The lowest BCUT2D eigenvalue weighted by Crippen LogP contribution is -2.12. The zero-order chi connectivity index (χ0) is 17.8. The van der Waals surface area contributed by atoms with E-state index in [0.29, 0.717) is 0 Å². The molecule has 4 rings (SSSR count). The molecule has 0 aliphatic heterocycles. The van der Waals surface area contributed by atoms with Crippen molar-refractivity contribution in [1.82, 2.24) is 14.9 Å². The van der Waals surface area contributed by atoms with Gasteiger partial charge in [-0.1, -0.05) is 54.1 Å². The Kier molecular flexibility index (Phi) is 4.80. The van der Waals surface area contributed by atoms with Crippen LogP contribution in [0.15, 0.2) is 79.3 Å². The summed E-state index contributed by atoms with van der Waals surface area (Å²) in [5, 5.41) is 4.86. The second kappa shape index (κ2) is 7.54. The van der Waals surface area contributed by atoms with Gasteiger partial charge in [0.05, 0.1) is 0 Å². The molecule has 0 bridgehead atoms. The molecule has 0 saturated carbocycles. The minimum Gasteiger partial charge on any atom is -0.343 e. The summed E-state index contributed by atoms with van der Waals surface area (Å²) < 4.78 is 2.35. The topological polar surface area (TPSA) is 29.9 Å². The summed E-state index contributed by atoms with van der Waals surface area (Å²) in [7, 11) is 0. The van der Waals surface area contributed by atoms with Crippen LogP contribution in [0.5, 0.6) is 0 Å². The van der Waals surface area contributed by atoms with Crippen molar-refractivity contribution in [2.45, 2.75) is 26.6 Å². The maximum absolute atomic E-state index is 4.17. The third kappa shape index (κ3) is 3.68. The largest absolute Gasteiger partial charge is 0.343 e. The Labute approximate surface area is 154 Å². The normalized spacial score (nSPS) is 11.1. The van der Waals surface area contributed by atoms with Crippen molar-refractivity contribution in [2.24, 2.45) is 0 Å². The number of nitrogens with zero attached hydrogens (tertiary/aromatic N) is 2. The fraction of sp³-hybridized carbons (Fsp3) is 0.174. The lowest BCUT2D eigenvalue weighted by molar-refractivity contribution is 0.690. The first-order valence-electron chi connectivity index (χ1n) is 9.01. The average Bonchev–Trinajstić information content (AvgIpc) is 3.02. The second-order valence-electron chi connectivity index (χ2n) is 6.75. The van der Waals surface area contributed by atoms with E-state index >= 15 is 0 Å². The summed E-state index contributed by atoms with van der Waals surface area (Å²) in [5.74, 6) is 0. The number of benzene rings is 2. The predicted octanol–water partition coefficient (Wildman–Crippen LogP) is 4.68. The van der Waals surface area contributed by atoms with Crippen LogP contribution in [-0.2, 0) is 19.6 Å². The molecule has 2 aromatic carbocycles. The number of nitrogens with one attached hydrogen (secondary N) is 1. The van der Waals surface area contributed by atoms with E-state index in [1.807, 2.05) is 18.5 Å². The Hall–Kier alpha value is -2.91. The van der Waals surface area contributed by atoms with Gasteiger partial charge in [0.25, 0.3) is 0 Å². The lowest BCUT2D eigenvalue weighted by Gasteiger charge is -2.06. The Balaban J connectivity index is 1.54. The van der Waals surface area contributed by atoms with Crippen molar-refractivity contribution in [2.75, 3.05) is 0 Å². The van der Waals surface area contributed by atoms with E-state index in [4.69, 9.17) is 0 Å². The molecule has 4 aromatic rings. The minimum absolute atomic E-state index is 0.825. The molecular weight excluding hydrogens is 318 g/mol. The quantitative estimate of drug-likeness (QED) is 0.552. The van der Waals surface area contributed by atoms with Crippen LogP contribution in [0.3, 0.4) is 0 Å². The van der Waals surface area contributed by atoms with E-state index < -0.39 is 0 Å². The van der Waals surface area contributed by atoms with Gasteiger partial charge in [-0.3, -0.25) is 4.98 Å². The fourth-order valence-corrected chi connectivity index (χ4v) is 3.33. The van der Waals surface area contributed by atoms with E-state index in [9.17, 15) is 0 Å². The number of aromatic nitrogens is 2. The van der Waals surface area contributed by atoms with Gasteiger partial charge in [-0.2, -0.15) is 0 Å². The van der Waals surface area contributed by atoms with Crippen LogP contribution in [0.2, 0.25) is 0 Å². The van der Waals surface area contributed by atoms with Gasteiger partial charge in [0.1, 0.15) is 0 Å². The molecule has 26 heavy (non-hydrogen) atoms. The smallest absolute Gasteiger partial charge is 0.0486 e. The van der Waals surface area contributed by atoms with Crippen LogP contribution in [0.25, 0.3) is 10.9 Å². The summed E-state index contributed by atoms with van der Waals surface area (Å²) in [6.07, 6.45) is 6.00. The first-order valence-corrected chi connectivity index (χ1v) is 9.01. The van der Waals surface area contributed by atoms with Gasteiger partial charge in [0, 0.05) is 49.1 Å². The molecular formula is C23H23N3. The van der Waals surface area contributed by atoms with Crippen molar-refractivity contribution >= 4 is 10.9 Å². The molecule has 0 unspecified atom stereocenters. The van der Waals surface area contributed by atoms with Crippen molar-refractivity contribution in [1.29, 1.82) is 0 Å². The maximum Gasteiger partial charge on any atom is 0.0486 e. The monoisotopic (exact) mass is 341 g/mol. The highest BCUT2D eigenvalue weighted by atomic mass is 15.0. The van der Waals surface area contributed by atoms with Crippen LogP contribution < -0.4 is 5.32 Å². The second-order valence-corrected chi connectivity index (χ2v) is 6.75. The summed E-state index contributed by atoms with van der Waals surface area (Å²) in [5.41, 5.74) is 6.44. The molecule has 0 aliphatic rings. The lowest BCUT2D eigenvalue weighted by atomic mass is 10.1. The van der Waals surface area contributed by atoms with Crippen LogP contribution in [0.4, 0.5) is 0 Å². The number of fused-ring (bicyclic) bond motifs is 1. The van der Waals surface area contributed by atoms with Crippen molar-refractivity contribution < 1.29 is 0 Å². The SMILES string of the molecule is Cc1ccc(Cn2cc(CNCc3cccnc3)c3ccccc32)cc1. The molecule has 3 heteroatoms. The van der Waals surface area contributed by atoms with E-state index in [-0.39, 0.29) is 0 Å². The summed E-state index contributed by atoms with van der Waals surface area (Å²) >= 11 is 0. The molecule has 2 heterocycles. The number of aryl methyl sites for hydroxylation is 1. The average molecular weight is 341 g/mol. The zero-order valence-corrected chi connectivity index (χ0v) is 15.0. The molecule has 0 fully saturated rings. The number of hydrogen-bond donors (Lipinski definition) is 1. The molecule has 0 saturated heterocycles. The van der Waals surface area contributed by atoms with Gasteiger partial charge in [-0.25, -0.2) is 0 Å². The Morgan fingerprint density at radius 1 is 0.885 bits per heavy atom. The van der Waals surface area contributed by atoms with Gasteiger partial charge < -0.3 is 9.88 Å². The number of rotatable bonds is 6. The molecule has 1 N–H and O–H groups in total. The highest BCUT2D eigenvalue weighted by Gasteiger charge is 2.08. The third-order valence-electron chi connectivity index (χ3n) is 4.71. The zero-order valence-electron chi connectivity index (χ0n) is 15.0. The Morgan fingerprint density at radius 3 is 2.54 bits per heavy atom. The van der Waals surface area contributed by atoms with Gasteiger partial charge in [-0.15, -0.1) is 0 Å². The van der Waals surface area contributed by atoms with Crippen LogP contribution in [0, 0.1) is 6.92 Å². The van der Waals surface area contributed by atoms with E-state index in [1.54, 1.807) is 0 Å². The number of hydrogen-bond acceptors (Lipinski definition) is 2. The molecule has 0 amide bonds. The number of para-hydroxylation sites is 1. The standard InChI is InChI=1S/C23H23N3/c1-18-8-10-19(11-9-18)16-26-17-21(22-6-2-3-7-23(22)26)15-25-14-20-5-4-12-24-13-20/h2-13,17,25H,14-16H2,1H3. The highest BCUT2D eigenvalue weighted by molar-refractivity contribution is 5.84. The van der Waals surface area contributed by atoms with Crippen molar-refractivity contribution in [3.8, 4) is 0 Å². The summed E-state index contributed by atoms with van der Waals surface area (Å²) in [6, 6.07) is 21.5. The molecule has 0 radical (unpaired) electrons. The number of pyridine rings is 1. The third-order valence-corrected chi connectivity index (χ3v) is 4.71. The summed E-state index contributed by atoms with van der Waals surface area (Å²) in [4.78, 5) is 4.17. The van der Waals surface area contributed by atoms with Crippen LogP contribution in [-0.4, -0.2) is 9.55 Å². The molecule has 130 valence electrons. The Bertz CT molecular complexity index is 985. The molecule has 0 atom stereocenters. The molecule has 2 aromatic heterocycles. The van der Waals surface area contributed by atoms with E-state index in [2.05, 4.69) is 82.6 Å². The van der Waals surface area contributed by atoms with Crippen molar-refractivity contribution in [3.63, 3.8) is 0 Å². The highest BCUT2D eigenvalue weighted by Crippen LogP contribution is 2.22. The van der Waals surface area contributed by atoms with Gasteiger partial charge in [0.15, 0.2) is 0 Å². The molecule has 0 spiro atoms. The van der Waals surface area contributed by atoms with Gasteiger partial charge in [0.2, 0.25) is 0 Å². The minimum atomic E-state index is 0.825. The van der Waals surface area contributed by atoms with Crippen LogP contribution >= 0.6 is 0 Å². The molecule has 3 nitrogen and oxygen atoms in total. The van der Waals surface area contributed by atoms with E-state index in [1.165, 1.54) is 33.2 Å². The van der Waals surface area contributed by atoms with Crippen LogP contribution in [0.1, 0.15) is 22.3 Å². The fourth-order valence-electron chi connectivity index (χ4n) is 3.33. The first-order chi connectivity index (χ1) is 12.8. The maximum atomic E-state index is 4.17. The summed E-state index contributed by atoms with van der Waals surface area (Å²) in [6.45, 7) is 4.69. The van der Waals surface area contributed by atoms with E-state index in [0.717, 1.165) is 19.6 Å². The molecule has 0 aliphatic carbocycles. The Morgan fingerprint density at radius 2 is 1.73 bits per heavy atom.